The maximum absolute atomic E-state index is 11.6. The zero-order valence-electron chi connectivity index (χ0n) is 10.4. The third-order valence-corrected chi connectivity index (χ3v) is 2.28. The molecule has 1 aromatic carbocycles. The maximum atomic E-state index is 11.6. The van der Waals surface area contributed by atoms with Gasteiger partial charge in [-0.2, -0.15) is 0 Å². The lowest BCUT2D eigenvalue weighted by Crippen LogP contribution is -2.17. The van der Waals surface area contributed by atoms with Gasteiger partial charge in [-0.15, -0.1) is 0 Å². The zero-order chi connectivity index (χ0) is 13.4. The first-order valence-electron chi connectivity index (χ1n) is 5.87. The Kier molecular flexibility index (Phi) is 5.80. The number of Topliss-reactive ketones (excluding diaryl/α,β-unsaturated/α-hetero) is 1. The summed E-state index contributed by atoms with van der Waals surface area (Å²) in [4.78, 5) is 22.8. The van der Waals surface area contributed by atoms with E-state index in [0.717, 1.165) is 12.0 Å². The Labute approximate surface area is 106 Å². The molecule has 0 unspecified atom stereocenters. The SMILES string of the molecule is CCOC(=O)C(=O)c1ccc(C=CCCN)cc1. The lowest BCUT2D eigenvalue weighted by Gasteiger charge is -2.01. The van der Waals surface area contributed by atoms with Crippen LogP contribution in [-0.4, -0.2) is 24.9 Å². The summed E-state index contributed by atoms with van der Waals surface area (Å²) in [7, 11) is 0. The molecule has 0 heterocycles. The normalized spacial score (nSPS) is 10.6. The summed E-state index contributed by atoms with van der Waals surface area (Å²) in [5.41, 5.74) is 6.67. The van der Waals surface area contributed by atoms with Crippen molar-refractivity contribution in [1.29, 1.82) is 0 Å². The molecule has 0 aliphatic carbocycles. The third-order valence-electron chi connectivity index (χ3n) is 2.28. The minimum Gasteiger partial charge on any atom is -0.460 e. The van der Waals surface area contributed by atoms with Crippen molar-refractivity contribution in [2.45, 2.75) is 13.3 Å². The summed E-state index contributed by atoms with van der Waals surface area (Å²) in [6.07, 6.45) is 4.69. The standard InChI is InChI=1S/C14H17NO3/c1-2-18-14(17)13(16)12-8-6-11(7-9-12)5-3-4-10-15/h3,5-9H,2,4,10,15H2,1H3. The largest absolute Gasteiger partial charge is 0.460 e. The van der Waals surface area contributed by atoms with E-state index in [2.05, 4.69) is 4.74 Å². The highest BCUT2D eigenvalue weighted by molar-refractivity contribution is 6.40. The van der Waals surface area contributed by atoms with E-state index in [4.69, 9.17) is 5.73 Å². The molecule has 96 valence electrons. The summed E-state index contributed by atoms with van der Waals surface area (Å²) in [5, 5.41) is 0. The second kappa shape index (κ2) is 7.40. The number of hydrogen-bond donors (Lipinski definition) is 1. The molecule has 0 radical (unpaired) electrons. The van der Waals surface area contributed by atoms with E-state index in [0.29, 0.717) is 12.1 Å². The predicted molar refractivity (Wildman–Crippen MR) is 70.1 cm³/mol. The van der Waals surface area contributed by atoms with Crippen LogP contribution in [-0.2, 0) is 9.53 Å². The van der Waals surface area contributed by atoms with Crippen LogP contribution in [0, 0.1) is 0 Å². The summed E-state index contributed by atoms with van der Waals surface area (Å²) in [5.74, 6) is -1.43. The van der Waals surface area contributed by atoms with Crippen LogP contribution in [0.2, 0.25) is 0 Å². The number of nitrogens with two attached hydrogens (primary N) is 1. The fraction of sp³-hybridized carbons (Fsp3) is 0.286. The number of ether oxygens (including phenoxy) is 1. The summed E-state index contributed by atoms with van der Waals surface area (Å²) < 4.78 is 4.65. The van der Waals surface area contributed by atoms with Gasteiger partial charge in [0.1, 0.15) is 0 Å². The van der Waals surface area contributed by atoms with Gasteiger partial charge in [-0.3, -0.25) is 4.79 Å². The molecule has 1 aromatic rings. The highest BCUT2D eigenvalue weighted by atomic mass is 16.5. The summed E-state index contributed by atoms with van der Waals surface area (Å²) in [6.45, 7) is 2.47. The Morgan fingerprint density at radius 1 is 1.28 bits per heavy atom. The van der Waals surface area contributed by atoms with E-state index in [1.807, 2.05) is 12.2 Å². The molecule has 0 saturated heterocycles. The molecule has 0 aliphatic heterocycles. The van der Waals surface area contributed by atoms with Crippen molar-refractivity contribution in [2.24, 2.45) is 5.73 Å². The van der Waals surface area contributed by atoms with Crippen LogP contribution in [0.25, 0.3) is 6.08 Å². The number of carbonyl (C=O) groups is 2. The fourth-order valence-electron chi connectivity index (χ4n) is 1.38. The van der Waals surface area contributed by atoms with Crippen molar-refractivity contribution in [3.8, 4) is 0 Å². The Balaban J connectivity index is 2.70. The van der Waals surface area contributed by atoms with Gasteiger partial charge >= 0.3 is 5.97 Å². The van der Waals surface area contributed by atoms with Gasteiger partial charge in [0.2, 0.25) is 0 Å². The number of ketones is 1. The molecule has 0 amide bonds. The van der Waals surface area contributed by atoms with Crippen molar-refractivity contribution < 1.29 is 14.3 Å². The molecule has 0 spiro atoms. The molecular weight excluding hydrogens is 230 g/mol. The van der Waals surface area contributed by atoms with Crippen molar-refractivity contribution >= 4 is 17.8 Å². The number of benzene rings is 1. The topological polar surface area (TPSA) is 69.4 Å². The summed E-state index contributed by atoms with van der Waals surface area (Å²) in [6, 6.07) is 6.78. The smallest absolute Gasteiger partial charge is 0.379 e. The van der Waals surface area contributed by atoms with E-state index in [9.17, 15) is 9.59 Å². The van der Waals surface area contributed by atoms with Gasteiger partial charge in [0, 0.05) is 5.56 Å². The second-order valence-corrected chi connectivity index (χ2v) is 3.65. The average Bonchev–Trinajstić information content (AvgIpc) is 2.39. The molecule has 18 heavy (non-hydrogen) atoms. The van der Waals surface area contributed by atoms with Gasteiger partial charge in [0.25, 0.3) is 5.78 Å². The van der Waals surface area contributed by atoms with Crippen LogP contribution in [0.1, 0.15) is 29.3 Å². The van der Waals surface area contributed by atoms with E-state index in [-0.39, 0.29) is 6.61 Å². The molecule has 0 saturated carbocycles. The van der Waals surface area contributed by atoms with Crippen LogP contribution in [0.5, 0.6) is 0 Å². The highest BCUT2D eigenvalue weighted by Crippen LogP contribution is 2.08. The van der Waals surface area contributed by atoms with Crippen LogP contribution in [0.15, 0.2) is 30.3 Å². The first kappa shape index (κ1) is 14.1. The molecule has 0 bridgehead atoms. The molecule has 4 heteroatoms. The van der Waals surface area contributed by atoms with E-state index in [1.54, 1.807) is 31.2 Å². The van der Waals surface area contributed by atoms with Crippen LogP contribution >= 0.6 is 0 Å². The number of esters is 1. The molecule has 1 rings (SSSR count). The van der Waals surface area contributed by atoms with Crippen molar-refractivity contribution in [3.05, 3.63) is 41.5 Å². The molecule has 0 aliphatic rings. The third kappa shape index (κ3) is 4.14. The average molecular weight is 247 g/mol. The van der Waals surface area contributed by atoms with Crippen LogP contribution < -0.4 is 5.73 Å². The Morgan fingerprint density at radius 2 is 1.94 bits per heavy atom. The zero-order valence-corrected chi connectivity index (χ0v) is 10.4. The summed E-state index contributed by atoms with van der Waals surface area (Å²) >= 11 is 0. The number of rotatable bonds is 6. The lowest BCUT2D eigenvalue weighted by atomic mass is 10.1. The van der Waals surface area contributed by atoms with Gasteiger partial charge in [-0.25, -0.2) is 4.79 Å². The minimum absolute atomic E-state index is 0.199. The minimum atomic E-state index is -0.816. The fourth-order valence-corrected chi connectivity index (χ4v) is 1.38. The van der Waals surface area contributed by atoms with Crippen molar-refractivity contribution in [2.75, 3.05) is 13.2 Å². The number of hydrogen-bond acceptors (Lipinski definition) is 4. The van der Waals surface area contributed by atoms with Crippen molar-refractivity contribution in [1.82, 2.24) is 0 Å². The molecule has 2 N–H and O–H groups in total. The molecule has 4 nitrogen and oxygen atoms in total. The maximum Gasteiger partial charge on any atom is 0.379 e. The van der Waals surface area contributed by atoms with Gasteiger partial charge in [0.05, 0.1) is 6.61 Å². The first-order chi connectivity index (χ1) is 8.69. The van der Waals surface area contributed by atoms with Crippen LogP contribution in [0.3, 0.4) is 0 Å². The Hall–Kier alpha value is -1.94. The lowest BCUT2D eigenvalue weighted by molar-refractivity contribution is -0.137. The molecule has 0 atom stereocenters. The monoisotopic (exact) mass is 247 g/mol. The van der Waals surface area contributed by atoms with Gasteiger partial charge < -0.3 is 10.5 Å². The molecular formula is C14H17NO3. The van der Waals surface area contributed by atoms with E-state index in [1.165, 1.54) is 0 Å². The van der Waals surface area contributed by atoms with E-state index < -0.39 is 11.8 Å². The Morgan fingerprint density at radius 3 is 2.50 bits per heavy atom. The van der Waals surface area contributed by atoms with E-state index >= 15 is 0 Å². The number of carbonyl (C=O) groups excluding carboxylic acids is 2. The Bertz CT molecular complexity index is 435. The predicted octanol–water partition coefficient (Wildman–Crippen LogP) is 1.79. The van der Waals surface area contributed by atoms with Gasteiger partial charge in [-0.05, 0) is 25.5 Å². The highest BCUT2D eigenvalue weighted by Gasteiger charge is 2.16. The van der Waals surface area contributed by atoms with Crippen LogP contribution in [0.4, 0.5) is 0 Å². The molecule has 0 aromatic heterocycles. The quantitative estimate of drug-likeness (QED) is 0.472. The van der Waals surface area contributed by atoms with Gasteiger partial charge in [-0.1, -0.05) is 36.4 Å². The first-order valence-corrected chi connectivity index (χ1v) is 5.87. The van der Waals surface area contributed by atoms with Crippen molar-refractivity contribution in [3.63, 3.8) is 0 Å². The molecule has 0 fully saturated rings. The second-order valence-electron chi connectivity index (χ2n) is 3.65. The van der Waals surface area contributed by atoms with Gasteiger partial charge in [0.15, 0.2) is 0 Å².